The highest BCUT2D eigenvalue weighted by Crippen LogP contribution is 2.32. The van der Waals surface area contributed by atoms with Crippen molar-refractivity contribution in [2.24, 2.45) is 0 Å². The van der Waals surface area contributed by atoms with Crippen LogP contribution in [0.25, 0.3) is 11.1 Å². The fourth-order valence-corrected chi connectivity index (χ4v) is 3.84. The molecule has 0 spiro atoms. The van der Waals surface area contributed by atoms with Crippen molar-refractivity contribution in [2.75, 3.05) is 13.1 Å². The minimum absolute atomic E-state index is 0. The molecule has 2 saturated heterocycles. The van der Waals surface area contributed by atoms with Crippen LogP contribution in [0, 0.1) is 13.8 Å². The van der Waals surface area contributed by atoms with Gasteiger partial charge < -0.3 is 14.7 Å². The first-order valence-electron chi connectivity index (χ1n) is 7.92. The lowest BCUT2D eigenvalue weighted by molar-refractivity contribution is 0.0682. The van der Waals surface area contributed by atoms with Gasteiger partial charge in [-0.3, -0.25) is 4.79 Å². The molecule has 2 fully saturated rings. The predicted octanol–water partition coefficient (Wildman–Crippen LogP) is 2.23. The Hall–Kier alpha value is -1.66. The highest BCUT2D eigenvalue weighted by Gasteiger charge is 2.39. The zero-order valence-corrected chi connectivity index (χ0v) is 14.2. The summed E-state index contributed by atoms with van der Waals surface area (Å²) < 4.78 is 5.26. The molecule has 124 valence electrons. The minimum atomic E-state index is 0. The van der Waals surface area contributed by atoms with Gasteiger partial charge >= 0.3 is 0 Å². The number of aryl methyl sites for hydroxylation is 2. The molecule has 2 atom stereocenters. The summed E-state index contributed by atoms with van der Waals surface area (Å²) in [6, 6.07) is 2.51. The number of halogens is 1. The van der Waals surface area contributed by atoms with Gasteiger partial charge in [0.25, 0.3) is 11.6 Å². The summed E-state index contributed by atoms with van der Waals surface area (Å²) in [5.74, 6) is 0.0954. The molecule has 4 rings (SSSR count). The first-order chi connectivity index (χ1) is 10.6. The molecule has 2 unspecified atom stereocenters. The Labute approximate surface area is 141 Å². The highest BCUT2D eigenvalue weighted by molar-refractivity contribution is 6.06. The average Bonchev–Trinajstić information content (AvgIpc) is 2.96. The molecule has 4 heterocycles. The van der Waals surface area contributed by atoms with Crippen LogP contribution in [0.5, 0.6) is 0 Å². The van der Waals surface area contributed by atoms with E-state index in [0.717, 1.165) is 49.1 Å². The van der Waals surface area contributed by atoms with Crippen LogP contribution in [0.1, 0.15) is 41.0 Å². The Balaban J connectivity index is 0.00000156. The number of nitrogens with one attached hydrogen (secondary N) is 1. The molecule has 2 aromatic rings. The number of fused-ring (bicyclic) bond motifs is 3. The van der Waals surface area contributed by atoms with E-state index in [0.29, 0.717) is 23.4 Å². The van der Waals surface area contributed by atoms with Crippen LogP contribution >= 0.6 is 12.4 Å². The quantitative estimate of drug-likeness (QED) is 0.864. The van der Waals surface area contributed by atoms with Crippen molar-refractivity contribution >= 4 is 29.4 Å². The minimum Gasteiger partial charge on any atom is -0.336 e. The fraction of sp³-hybridized carbons (Fsp3) is 0.562. The largest absolute Gasteiger partial charge is 0.336 e. The Morgan fingerprint density at radius 1 is 1.30 bits per heavy atom. The SMILES string of the molecule is Cc1cc(C(=O)N2C3CCNCC2CC3)c2c(C)noc2n1.Cl. The molecule has 2 aliphatic rings. The smallest absolute Gasteiger partial charge is 0.258 e. The maximum absolute atomic E-state index is 13.2. The maximum atomic E-state index is 13.2. The summed E-state index contributed by atoms with van der Waals surface area (Å²) in [4.78, 5) is 19.7. The third-order valence-corrected chi connectivity index (χ3v) is 4.86. The van der Waals surface area contributed by atoms with Crippen molar-refractivity contribution in [1.29, 1.82) is 0 Å². The molecule has 2 aromatic heterocycles. The first kappa shape index (κ1) is 16.2. The molecule has 23 heavy (non-hydrogen) atoms. The summed E-state index contributed by atoms with van der Waals surface area (Å²) in [5.41, 5.74) is 2.65. The normalized spacial score (nSPS) is 23.7. The van der Waals surface area contributed by atoms with E-state index in [-0.39, 0.29) is 18.3 Å². The summed E-state index contributed by atoms with van der Waals surface area (Å²) >= 11 is 0. The Morgan fingerprint density at radius 2 is 2.09 bits per heavy atom. The van der Waals surface area contributed by atoms with E-state index in [2.05, 4.69) is 20.4 Å². The van der Waals surface area contributed by atoms with Crippen LogP contribution in [0.15, 0.2) is 10.6 Å². The lowest BCUT2D eigenvalue weighted by Crippen LogP contribution is -2.42. The summed E-state index contributed by atoms with van der Waals surface area (Å²) in [6.07, 6.45) is 3.21. The van der Waals surface area contributed by atoms with Gasteiger partial charge in [0, 0.05) is 24.3 Å². The number of carbonyl (C=O) groups excluding carboxylic acids is 1. The van der Waals surface area contributed by atoms with Crippen LogP contribution in [0.2, 0.25) is 0 Å². The van der Waals surface area contributed by atoms with E-state index < -0.39 is 0 Å². The van der Waals surface area contributed by atoms with Gasteiger partial charge in [0.1, 0.15) is 0 Å². The number of rotatable bonds is 1. The Kier molecular flexibility index (Phi) is 4.29. The van der Waals surface area contributed by atoms with Gasteiger partial charge in [-0.15, -0.1) is 12.4 Å². The van der Waals surface area contributed by atoms with Crippen molar-refractivity contribution in [3.63, 3.8) is 0 Å². The van der Waals surface area contributed by atoms with E-state index >= 15 is 0 Å². The van der Waals surface area contributed by atoms with Crippen molar-refractivity contribution in [2.45, 2.75) is 45.2 Å². The Morgan fingerprint density at radius 3 is 2.91 bits per heavy atom. The standard InChI is InChI=1S/C16H20N4O2.ClH/c1-9-7-13(14-10(2)19-22-15(14)18-9)16(21)20-11-3-4-12(20)8-17-6-5-11;/h7,11-12,17H,3-6,8H2,1-2H3;1H. The average molecular weight is 337 g/mol. The van der Waals surface area contributed by atoms with Crippen molar-refractivity contribution in [3.8, 4) is 0 Å². The monoisotopic (exact) mass is 336 g/mol. The molecule has 0 saturated carbocycles. The predicted molar refractivity (Wildman–Crippen MR) is 89.0 cm³/mol. The molecular weight excluding hydrogens is 316 g/mol. The summed E-state index contributed by atoms with van der Waals surface area (Å²) in [6.45, 7) is 5.62. The zero-order valence-electron chi connectivity index (χ0n) is 13.3. The number of hydrogen-bond acceptors (Lipinski definition) is 5. The van der Waals surface area contributed by atoms with Crippen LogP contribution < -0.4 is 5.32 Å². The van der Waals surface area contributed by atoms with E-state index in [9.17, 15) is 4.79 Å². The number of pyridine rings is 1. The van der Waals surface area contributed by atoms with Gasteiger partial charge in [0.15, 0.2) is 0 Å². The zero-order chi connectivity index (χ0) is 15.3. The lowest BCUT2D eigenvalue weighted by Gasteiger charge is -2.28. The highest BCUT2D eigenvalue weighted by atomic mass is 35.5. The first-order valence-corrected chi connectivity index (χ1v) is 7.92. The number of carbonyl (C=O) groups is 1. The summed E-state index contributed by atoms with van der Waals surface area (Å²) in [7, 11) is 0. The maximum Gasteiger partial charge on any atom is 0.258 e. The number of amides is 1. The molecule has 1 N–H and O–H groups in total. The molecule has 7 heteroatoms. The van der Waals surface area contributed by atoms with Crippen LogP contribution in [-0.4, -0.2) is 46.1 Å². The van der Waals surface area contributed by atoms with Crippen molar-refractivity contribution in [1.82, 2.24) is 20.4 Å². The van der Waals surface area contributed by atoms with Crippen LogP contribution in [0.3, 0.4) is 0 Å². The van der Waals surface area contributed by atoms with E-state index in [1.54, 1.807) is 0 Å². The van der Waals surface area contributed by atoms with Gasteiger partial charge in [-0.05, 0) is 45.7 Å². The molecule has 0 aliphatic carbocycles. The second-order valence-electron chi connectivity index (χ2n) is 6.35. The second kappa shape index (κ2) is 6.09. The molecular formula is C16H21ClN4O2. The molecule has 6 nitrogen and oxygen atoms in total. The molecule has 2 bridgehead atoms. The van der Waals surface area contributed by atoms with Crippen molar-refractivity contribution < 1.29 is 9.32 Å². The molecule has 0 aromatic carbocycles. The van der Waals surface area contributed by atoms with Crippen LogP contribution in [0.4, 0.5) is 0 Å². The third-order valence-electron chi connectivity index (χ3n) is 4.86. The third kappa shape index (κ3) is 2.60. The number of hydrogen-bond donors (Lipinski definition) is 1. The van der Waals surface area contributed by atoms with E-state index in [4.69, 9.17) is 4.52 Å². The molecule has 0 radical (unpaired) electrons. The van der Waals surface area contributed by atoms with Crippen LogP contribution in [-0.2, 0) is 0 Å². The topological polar surface area (TPSA) is 71.3 Å². The summed E-state index contributed by atoms with van der Waals surface area (Å²) in [5, 5.41) is 8.17. The van der Waals surface area contributed by atoms with Gasteiger partial charge in [-0.1, -0.05) is 5.16 Å². The van der Waals surface area contributed by atoms with Gasteiger partial charge in [0.05, 0.1) is 16.6 Å². The van der Waals surface area contributed by atoms with Crippen molar-refractivity contribution in [3.05, 3.63) is 23.0 Å². The molecule has 2 aliphatic heterocycles. The lowest BCUT2D eigenvalue weighted by atomic mass is 10.1. The van der Waals surface area contributed by atoms with Gasteiger partial charge in [-0.2, -0.15) is 0 Å². The second-order valence-corrected chi connectivity index (χ2v) is 6.35. The van der Waals surface area contributed by atoms with E-state index in [1.807, 2.05) is 19.9 Å². The van der Waals surface area contributed by atoms with Gasteiger partial charge in [0.2, 0.25) is 0 Å². The number of aromatic nitrogens is 2. The fourth-order valence-electron chi connectivity index (χ4n) is 3.84. The van der Waals surface area contributed by atoms with Gasteiger partial charge in [-0.25, -0.2) is 4.98 Å². The molecule has 1 amide bonds. The number of nitrogens with zero attached hydrogens (tertiary/aromatic N) is 3. The van der Waals surface area contributed by atoms with E-state index in [1.165, 1.54) is 0 Å². The Bertz CT molecular complexity index is 731.